The van der Waals surface area contributed by atoms with Crippen LogP contribution in [-0.4, -0.2) is 31.3 Å². The maximum absolute atomic E-state index is 12.1. The minimum Gasteiger partial charge on any atom is -0.790 e. The van der Waals surface area contributed by atoms with Crippen LogP contribution in [0.4, 0.5) is 0 Å². The molecule has 0 heterocycles. The maximum atomic E-state index is 12.1. The van der Waals surface area contributed by atoms with E-state index < -0.39 is 39.1 Å². The molecule has 41 heavy (non-hydrogen) atoms. The van der Waals surface area contributed by atoms with Crippen LogP contribution in [0.3, 0.4) is 0 Å². The van der Waals surface area contributed by atoms with Crippen LogP contribution < -0.4 is 68.9 Å². The molecule has 0 aliphatic heterocycles. The van der Waals surface area contributed by atoms with Gasteiger partial charge in [0.05, 0.1) is 14.4 Å². The Morgan fingerprint density at radius 2 is 1.20 bits per heavy atom. The van der Waals surface area contributed by atoms with Crippen molar-refractivity contribution < 1.29 is 97.1 Å². The molecular formula is C30H33Na2O8P. The summed E-state index contributed by atoms with van der Waals surface area (Å²) in [5.41, 5.74) is 0. The van der Waals surface area contributed by atoms with Crippen LogP contribution in [0, 0.1) is 71.5 Å². The molecule has 0 spiro atoms. The van der Waals surface area contributed by atoms with Crippen molar-refractivity contribution in [2.45, 2.75) is 90.1 Å². The van der Waals surface area contributed by atoms with Crippen molar-refractivity contribution in [3.05, 3.63) is 0 Å². The molecule has 0 aromatic heterocycles. The third-order valence-electron chi connectivity index (χ3n) is 4.84. The number of rotatable bonds is 18. The van der Waals surface area contributed by atoms with E-state index in [1.165, 1.54) is 44.9 Å². The fourth-order valence-corrected chi connectivity index (χ4v) is 3.36. The summed E-state index contributed by atoms with van der Waals surface area (Å²) in [5.74, 6) is 23.5. The van der Waals surface area contributed by atoms with Gasteiger partial charge in [-0.1, -0.05) is 71.1 Å². The molecule has 0 fully saturated rings. The Kier molecular flexibility index (Phi) is 33.5. The quantitative estimate of drug-likeness (QED) is 0.0401. The topological polar surface area (TPSA) is 125 Å². The number of phosphoric acid groups is 1. The van der Waals surface area contributed by atoms with E-state index in [4.69, 9.17) is 15.9 Å². The molecular weight excluding hydrogens is 565 g/mol. The van der Waals surface area contributed by atoms with Crippen molar-refractivity contribution >= 4 is 19.8 Å². The molecule has 0 aromatic carbocycles. The van der Waals surface area contributed by atoms with Gasteiger partial charge >= 0.3 is 71.1 Å². The van der Waals surface area contributed by atoms with E-state index in [1.807, 2.05) is 0 Å². The molecule has 0 rings (SSSR count). The average molecular weight is 599 g/mol. The Hall–Kier alpha value is -1.59. The van der Waals surface area contributed by atoms with Crippen molar-refractivity contribution in [3.8, 4) is 71.5 Å². The van der Waals surface area contributed by atoms with E-state index >= 15 is 0 Å². The molecule has 1 atom stereocenters. The van der Waals surface area contributed by atoms with Gasteiger partial charge in [-0.2, -0.15) is 0 Å². The Morgan fingerprint density at radius 1 is 0.732 bits per heavy atom. The normalized spacial score (nSPS) is 9.61. The molecule has 0 saturated carbocycles. The smallest absolute Gasteiger partial charge is 0.790 e. The van der Waals surface area contributed by atoms with Gasteiger partial charge in [-0.3, -0.25) is 4.79 Å². The molecule has 11 heteroatoms. The van der Waals surface area contributed by atoms with Gasteiger partial charge in [0.25, 0.3) is 0 Å². The molecule has 0 N–H and O–H groups in total. The summed E-state index contributed by atoms with van der Waals surface area (Å²) in [7, 11) is -5.31. The van der Waals surface area contributed by atoms with Crippen LogP contribution in [0.1, 0.15) is 84.0 Å². The Morgan fingerprint density at radius 3 is 1.68 bits per heavy atom. The van der Waals surface area contributed by atoms with Crippen LogP contribution in [0.5, 0.6) is 0 Å². The molecule has 208 valence electrons. The molecule has 0 aliphatic carbocycles. The Balaban J connectivity index is -0.00000722. The van der Waals surface area contributed by atoms with E-state index in [0.29, 0.717) is 6.42 Å². The summed E-state index contributed by atoms with van der Waals surface area (Å²) in [4.78, 5) is 45.4. The monoisotopic (exact) mass is 598 g/mol. The van der Waals surface area contributed by atoms with Gasteiger partial charge in [-0.05, 0) is 65.6 Å². The molecule has 0 bridgehead atoms. The molecule has 0 aliphatic rings. The van der Waals surface area contributed by atoms with Gasteiger partial charge in [0, 0.05) is 12.3 Å². The average Bonchev–Trinajstić information content (AvgIpc) is 2.89. The first-order valence-corrected chi connectivity index (χ1v) is 14.2. The Bertz CT molecular complexity index is 1160. The predicted molar refractivity (Wildman–Crippen MR) is 143 cm³/mol. The number of esters is 2. The van der Waals surface area contributed by atoms with Gasteiger partial charge in [0.1, 0.15) is 6.61 Å². The summed E-state index contributed by atoms with van der Waals surface area (Å²) in [6, 6.07) is 0. The summed E-state index contributed by atoms with van der Waals surface area (Å²) >= 11 is 0. The van der Waals surface area contributed by atoms with E-state index in [9.17, 15) is 23.9 Å². The van der Waals surface area contributed by atoms with Crippen molar-refractivity contribution in [2.24, 2.45) is 0 Å². The van der Waals surface area contributed by atoms with Gasteiger partial charge in [-0.25, -0.2) is 4.79 Å². The molecule has 8 nitrogen and oxygen atoms in total. The van der Waals surface area contributed by atoms with Crippen LogP contribution in [0.15, 0.2) is 0 Å². The van der Waals surface area contributed by atoms with Crippen molar-refractivity contribution in [2.75, 3.05) is 13.2 Å². The van der Waals surface area contributed by atoms with Crippen molar-refractivity contribution in [3.63, 3.8) is 0 Å². The fraction of sp³-hybridized carbons (Fsp3) is 0.533. The second kappa shape index (κ2) is 31.3. The summed E-state index contributed by atoms with van der Waals surface area (Å²) in [6.45, 7) is 0.861. The summed E-state index contributed by atoms with van der Waals surface area (Å²) in [5, 5.41) is 0. The minimum absolute atomic E-state index is 0. The standard InChI is InChI=1S/C30H35O8P.2Na/c1-3-5-7-9-11-13-15-17-19-21-23-25-30(32)38-28(27-37-39(33,34)35)26-36-29(31)24-22-20-18-16-14-12-10-8-6-4-2;;/h2,28H,3,5,7,9,11,13,15,17,19,21,23,25-27H2,1H3,(H2,33,34,35);;/q;2*+1/p-2/t28-;;/m1../s1. The third kappa shape index (κ3) is 34.5. The first kappa shape index (κ1) is 43.9. The first-order chi connectivity index (χ1) is 18.8. The SMILES string of the molecule is C#CC#CC#CC#CC#CC#CC(=O)OC[C@H](COP(=O)([O-])[O-])OC(=O)CCCCCCCCCCCCC.[Na+].[Na+]. The van der Waals surface area contributed by atoms with E-state index in [1.54, 1.807) is 0 Å². The number of terminal acetylenes is 1. The van der Waals surface area contributed by atoms with E-state index in [2.05, 4.69) is 76.6 Å². The van der Waals surface area contributed by atoms with Gasteiger partial charge in [-0.15, -0.1) is 6.42 Å². The molecule has 0 radical (unpaired) electrons. The minimum atomic E-state index is -5.31. The summed E-state index contributed by atoms with van der Waals surface area (Å²) < 4.78 is 24.9. The number of hydrogen-bond donors (Lipinski definition) is 0. The number of ether oxygens (including phenoxy) is 2. The fourth-order valence-electron chi connectivity index (χ4n) is 3.01. The number of unbranched alkanes of at least 4 members (excludes halogenated alkanes) is 10. The van der Waals surface area contributed by atoms with Crippen LogP contribution in [-0.2, 0) is 28.2 Å². The zero-order chi connectivity index (χ0) is 29.0. The van der Waals surface area contributed by atoms with E-state index in [-0.39, 0.29) is 65.5 Å². The third-order valence-corrected chi connectivity index (χ3v) is 5.30. The van der Waals surface area contributed by atoms with E-state index in [0.717, 1.165) is 19.3 Å². The number of hydrogen-bond acceptors (Lipinski definition) is 8. The second-order valence-electron chi connectivity index (χ2n) is 8.13. The van der Waals surface area contributed by atoms with Crippen molar-refractivity contribution in [1.82, 2.24) is 0 Å². The zero-order valence-corrected chi connectivity index (χ0v) is 29.2. The van der Waals surface area contributed by atoms with Crippen LogP contribution >= 0.6 is 7.82 Å². The van der Waals surface area contributed by atoms with Crippen LogP contribution in [0.25, 0.3) is 0 Å². The van der Waals surface area contributed by atoms with Gasteiger partial charge in [0.15, 0.2) is 6.10 Å². The molecule has 0 unspecified atom stereocenters. The van der Waals surface area contributed by atoms with Gasteiger partial charge < -0.3 is 28.3 Å². The number of carbonyl (C=O) groups is 2. The Labute approximate surface area is 289 Å². The summed E-state index contributed by atoms with van der Waals surface area (Å²) in [6.07, 6.45) is 16.1. The first-order valence-electron chi connectivity index (χ1n) is 12.8. The van der Waals surface area contributed by atoms with Crippen LogP contribution in [0.2, 0.25) is 0 Å². The number of carbonyl (C=O) groups excluding carboxylic acids is 2. The maximum Gasteiger partial charge on any atom is 1.00 e. The predicted octanol–water partition coefficient (Wildman–Crippen LogP) is -3.35. The molecule has 0 aromatic rings. The second-order valence-corrected chi connectivity index (χ2v) is 9.29. The zero-order valence-electron chi connectivity index (χ0n) is 24.3. The number of phosphoric ester groups is 1. The largest absolute Gasteiger partial charge is 1.00 e. The van der Waals surface area contributed by atoms with Crippen molar-refractivity contribution in [1.29, 1.82) is 0 Å². The molecule has 0 amide bonds. The van der Waals surface area contributed by atoms with Gasteiger partial charge in [0.2, 0.25) is 0 Å². The molecule has 0 saturated heterocycles.